The average molecular weight is 375 g/mol. The number of rotatable bonds is 8. The van der Waals surface area contributed by atoms with Crippen molar-refractivity contribution < 1.29 is 37.0 Å². The van der Waals surface area contributed by atoms with Gasteiger partial charge in [-0.15, -0.1) is 0 Å². The number of nitrogens with zero attached hydrogens (tertiary/aromatic N) is 1. The van der Waals surface area contributed by atoms with E-state index in [1.165, 1.54) is 14.2 Å². The number of esters is 1. The molecule has 144 valence electrons. The number of ether oxygens (including phenoxy) is 3. The van der Waals surface area contributed by atoms with E-state index >= 15 is 0 Å². The second-order valence-corrected chi connectivity index (χ2v) is 5.15. The van der Waals surface area contributed by atoms with Gasteiger partial charge < -0.3 is 19.1 Å². The zero-order valence-corrected chi connectivity index (χ0v) is 14.6. The van der Waals surface area contributed by atoms with Crippen LogP contribution in [0.2, 0.25) is 0 Å². The second kappa shape index (κ2) is 9.69. The van der Waals surface area contributed by atoms with Crippen molar-refractivity contribution in [3.8, 4) is 11.5 Å². The summed E-state index contributed by atoms with van der Waals surface area (Å²) in [6, 6.07) is 4.85. The Morgan fingerprint density at radius 2 is 1.85 bits per heavy atom. The van der Waals surface area contributed by atoms with Crippen LogP contribution in [0.3, 0.4) is 0 Å². The fraction of sp³-hybridized carbons (Fsp3) is 0.412. The minimum Gasteiger partial charge on any atom is -0.497 e. The standard InChI is InChI=1S/C17H20F3NO5/c1-24-13-6-5-12(14(9-13)25-2)11-21(8-4-7-17(18,19)20)15(22)10-16(23)26-3/h4-7,9H,8,10-11H2,1-3H3. The van der Waals surface area contributed by atoms with Gasteiger partial charge in [0.25, 0.3) is 0 Å². The molecule has 1 aromatic carbocycles. The topological polar surface area (TPSA) is 65.1 Å². The Morgan fingerprint density at radius 1 is 1.15 bits per heavy atom. The highest BCUT2D eigenvalue weighted by Gasteiger charge is 2.23. The molecule has 1 amide bonds. The van der Waals surface area contributed by atoms with Crippen LogP contribution in [0, 0.1) is 0 Å². The molecule has 0 spiro atoms. The van der Waals surface area contributed by atoms with Crippen LogP contribution in [0.4, 0.5) is 13.2 Å². The number of halogens is 3. The van der Waals surface area contributed by atoms with Crippen molar-refractivity contribution >= 4 is 11.9 Å². The van der Waals surface area contributed by atoms with Gasteiger partial charge in [-0.1, -0.05) is 6.08 Å². The fourth-order valence-corrected chi connectivity index (χ4v) is 2.06. The predicted molar refractivity (Wildman–Crippen MR) is 86.8 cm³/mol. The van der Waals surface area contributed by atoms with Crippen LogP contribution in [0.25, 0.3) is 0 Å². The van der Waals surface area contributed by atoms with Crippen molar-refractivity contribution in [2.45, 2.75) is 19.1 Å². The SMILES string of the molecule is COC(=O)CC(=O)N(CC=CC(F)(F)F)Cc1ccc(OC)cc1OC. The Balaban J connectivity index is 3.02. The largest absolute Gasteiger partial charge is 0.497 e. The number of alkyl halides is 3. The summed E-state index contributed by atoms with van der Waals surface area (Å²) in [4.78, 5) is 24.7. The number of methoxy groups -OCH3 is 3. The van der Waals surface area contributed by atoms with E-state index in [1.54, 1.807) is 18.2 Å². The maximum Gasteiger partial charge on any atom is 0.409 e. The number of carbonyl (C=O) groups is 2. The van der Waals surface area contributed by atoms with Crippen LogP contribution in [0.15, 0.2) is 30.4 Å². The highest BCUT2D eigenvalue weighted by atomic mass is 19.4. The first-order chi connectivity index (χ1) is 12.2. The van der Waals surface area contributed by atoms with Crippen LogP contribution >= 0.6 is 0 Å². The third-order valence-corrected chi connectivity index (χ3v) is 3.36. The van der Waals surface area contributed by atoms with Crippen molar-refractivity contribution in [2.75, 3.05) is 27.9 Å². The number of hydrogen-bond donors (Lipinski definition) is 0. The van der Waals surface area contributed by atoms with Crippen molar-refractivity contribution in [3.05, 3.63) is 35.9 Å². The molecule has 0 N–H and O–H groups in total. The smallest absolute Gasteiger partial charge is 0.409 e. The summed E-state index contributed by atoms with van der Waals surface area (Å²) < 4.78 is 51.6. The lowest BCUT2D eigenvalue weighted by atomic mass is 10.1. The van der Waals surface area contributed by atoms with Crippen molar-refractivity contribution in [1.82, 2.24) is 4.90 Å². The molecule has 9 heteroatoms. The maximum absolute atomic E-state index is 12.3. The van der Waals surface area contributed by atoms with E-state index < -0.39 is 24.5 Å². The lowest BCUT2D eigenvalue weighted by molar-refractivity contribution is -0.146. The van der Waals surface area contributed by atoms with Crippen molar-refractivity contribution in [1.29, 1.82) is 0 Å². The monoisotopic (exact) mass is 375 g/mol. The molecule has 0 saturated carbocycles. The summed E-state index contributed by atoms with van der Waals surface area (Å²) >= 11 is 0. The molecule has 0 aromatic heterocycles. The minimum atomic E-state index is -4.49. The normalized spacial score (nSPS) is 11.3. The molecule has 6 nitrogen and oxygen atoms in total. The molecule has 0 atom stereocenters. The Morgan fingerprint density at radius 3 is 2.38 bits per heavy atom. The first-order valence-corrected chi connectivity index (χ1v) is 7.50. The van der Waals surface area contributed by atoms with E-state index in [0.29, 0.717) is 17.1 Å². The molecule has 0 unspecified atom stereocenters. The number of carbonyl (C=O) groups excluding carboxylic acids is 2. The van der Waals surface area contributed by atoms with Crippen LogP contribution < -0.4 is 9.47 Å². The van der Waals surface area contributed by atoms with E-state index in [-0.39, 0.29) is 19.2 Å². The quantitative estimate of drug-likeness (QED) is 0.397. The van der Waals surface area contributed by atoms with Gasteiger partial charge in [0.05, 0.1) is 21.3 Å². The molecule has 0 fully saturated rings. The summed E-state index contributed by atoms with van der Waals surface area (Å²) in [5.41, 5.74) is 0.548. The molecule has 0 aliphatic carbocycles. The average Bonchev–Trinajstić information content (AvgIpc) is 2.59. The molecule has 0 radical (unpaired) electrons. The number of hydrogen-bond acceptors (Lipinski definition) is 5. The van der Waals surface area contributed by atoms with E-state index in [1.807, 2.05) is 0 Å². The third-order valence-electron chi connectivity index (χ3n) is 3.36. The summed E-state index contributed by atoms with van der Waals surface area (Å²) in [5, 5.41) is 0. The zero-order chi connectivity index (χ0) is 19.7. The summed E-state index contributed by atoms with van der Waals surface area (Å²) in [5.74, 6) is -0.516. The molecular formula is C17H20F3NO5. The predicted octanol–water partition coefficient (Wildman–Crippen LogP) is 2.71. The lowest BCUT2D eigenvalue weighted by Gasteiger charge is -2.22. The van der Waals surface area contributed by atoms with Gasteiger partial charge in [0, 0.05) is 30.8 Å². The van der Waals surface area contributed by atoms with Crippen LogP contribution in [0.5, 0.6) is 11.5 Å². The van der Waals surface area contributed by atoms with E-state index in [4.69, 9.17) is 9.47 Å². The van der Waals surface area contributed by atoms with Crippen LogP contribution in [-0.2, 0) is 20.9 Å². The van der Waals surface area contributed by atoms with Gasteiger partial charge in [0.1, 0.15) is 17.9 Å². The van der Waals surface area contributed by atoms with Gasteiger partial charge in [0.2, 0.25) is 5.91 Å². The first kappa shape index (κ1) is 21.3. The van der Waals surface area contributed by atoms with E-state index in [0.717, 1.165) is 18.1 Å². The van der Waals surface area contributed by atoms with E-state index in [9.17, 15) is 22.8 Å². The van der Waals surface area contributed by atoms with Crippen LogP contribution in [-0.4, -0.2) is 50.8 Å². The second-order valence-electron chi connectivity index (χ2n) is 5.15. The zero-order valence-electron chi connectivity index (χ0n) is 14.6. The molecule has 1 aromatic rings. The Bertz CT molecular complexity index is 658. The Labute approximate surface area is 149 Å². The number of allylic oxidation sites excluding steroid dienone is 1. The molecule has 0 bridgehead atoms. The highest BCUT2D eigenvalue weighted by Crippen LogP contribution is 2.26. The molecule has 0 aliphatic rings. The summed E-state index contributed by atoms with van der Waals surface area (Å²) in [6.45, 7) is -0.379. The Kier molecular flexibility index (Phi) is 7.95. The maximum atomic E-state index is 12.3. The van der Waals surface area contributed by atoms with Gasteiger partial charge in [-0.05, 0) is 12.1 Å². The van der Waals surface area contributed by atoms with Gasteiger partial charge in [-0.25, -0.2) is 0 Å². The molecular weight excluding hydrogens is 355 g/mol. The molecule has 0 heterocycles. The lowest BCUT2D eigenvalue weighted by Crippen LogP contribution is -2.32. The van der Waals surface area contributed by atoms with Crippen LogP contribution in [0.1, 0.15) is 12.0 Å². The van der Waals surface area contributed by atoms with Crippen molar-refractivity contribution in [3.63, 3.8) is 0 Å². The molecule has 1 rings (SSSR count). The van der Waals surface area contributed by atoms with Gasteiger partial charge in [-0.2, -0.15) is 13.2 Å². The first-order valence-electron chi connectivity index (χ1n) is 7.50. The fourth-order valence-electron chi connectivity index (χ4n) is 2.06. The molecule has 0 aliphatic heterocycles. The Hall–Kier alpha value is -2.71. The highest BCUT2D eigenvalue weighted by molar-refractivity contribution is 5.94. The van der Waals surface area contributed by atoms with Gasteiger partial charge in [0.15, 0.2) is 0 Å². The van der Waals surface area contributed by atoms with Crippen molar-refractivity contribution in [2.24, 2.45) is 0 Å². The van der Waals surface area contributed by atoms with Gasteiger partial charge >= 0.3 is 12.1 Å². The third kappa shape index (κ3) is 7.04. The number of amides is 1. The van der Waals surface area contributed by atoms with Gasteiger partial charge in [-0.3, -0.25) is 9.59 Å². The minimum absolute atomic E-state index is 0.0384. The number of benzene rings is 1. The molecule has 0 saturated heterocycles. The summed E-state index contributed by atoms with van der Waals surface area (Å²) in [7, 11) is 4.01. The molecule has 26 heavy (non-hydrogen) atoms. The summed E-state index contributed by atoms with van der Waals surface area (Å²) in [6.07, 6.45) is -4.22. The van der Waals surface area contributed by atoms with E-state index in [2.05, 4.69) is 4.74 Å².